The van der Waals surface area contributed by atoms with Crippen molar-refractivity contribution in [3.8, 4) is 0 Å². The molecule has 0 radical (unpaired) electrons. The second-order valence-corrected chi connectivity index (χ2v) is 9.37. The molecule has 0 amide bonds. The maximum atomic E-state index is 2.62. The van der Waals surface area contributed by atoms with Crippen LogP contribution in [-0.4, -0.2) is 0 Å². The third-order valence-electron chi connectivity index (χ3n) is 7.60. The highest BCUT2D eigenvalue weighted by molar-refractivity contribution is 5.36. The van der Waals surface area contributed by atoms with Crippen molar-refractivity contribution in [3.05, 3.63) is 34.9 Å². The summed E-state index contributed by atoms with van der Waals surface area (Å²) in [5.41, 5.74) is 5.04. The van der Waals surface area contributed by atoms with Crippen LogP contribution in [0.2, 0.25) is 0 Å². The Morgan fingerprint density at radius 3 is 2.62 bits per heavy atom. The Morgan fingerprint density at radius 1 is 0.917 bits per heavy atom. The molecule has 0 heteroatoms. The van der Waals surface area contributed by atoms with E-state index in [1.54, 1.807) is 16.7 Å². The van der Waals surface area contributed by atoms with E-state index in [1.807, 2.05) is 0 Å². The number of benzene rings is 1. The summed E-state index contributed by atoms with van der Waals surface area (Å²) in [6.07, 6.45) is 15.8. The first-order chi connectivity index (χ1) is 11.7. The molecule has 0 N–H and O–H groups in total. The van der Waals surface area contributed by atoms with Crippen LogP contribution in [0.1, 0.15) is 94.2 Å². The molecule has 0 aromatic heterocycles. The molecular weight excluding hydrogens is 288 g/mol. The van der Waals surface area contributed by atoms with Gasteiger partial charge in [0, 0.05) is 0 Å². The summed E-state index contributed by atoms with van der Waals surface area (Å²) >= 11 is 0. The largest absolute Gasteiger partial charge is 0.0654 e. The lowest BCUT2D eigenvalue weighted by molar-refractivity contribution is 0.124. The van der Waals surface area contributed by atoms with Gasteiger partial charge in [-0.2, -0.15) is 0 Å². The zero-order valence-corrected chi connectivity index (χ0v) is 15.9. The third kappa shape index (κ3) is 3.44. The van der Waals surface area contributed by atoms with Gasteiger partial charge in [-0.15, -0.1) is 0 Å². The van der Waals surface area contributed by atoms with Crippen molar-refractivity contribution < 1.29 is 0 Å². The van der Waals surface area contributed by atoms with Gasteiger partial charge in [0.1, 0.15) is 0 Å². The Hall–Kier alpha value is -0.780. The summed E-state index contributed by atoms with van der Waals surface area (Å²) in [6.45, 7) is 4.80. The van der Waals surface area contributed by atoms with Crippen molar-refractivity contribution in [2.24, 2.45) is 23.7 Å². The topological polar surface area (TPSA) is 0 Å². The predicted octanol–water partition coefficient (Wildman–Crippen LogP) is 6.91. The van der Waals surface area contributed by atoms with Gasteiger partial charge in [0.25, 0.3) is 0 Å². The fourth-order valence-corrected chi connectivity index (χ4v) is 6.19. The quantitative estimate of drug-likeness (QED) is 0.566. The van der Waals surface area contributed by atoms with E-state index in [0.717, 1.165) is 29.6 Å². The van der Waals surface area contributed by atoms with Gasteiger partial charge in [-0.1, -0.05) is 51.3 Å². The summed E-state index contributed by atoms with van der Waals surface area (Å²) in [5.74, 6) is 4.89. The Balaban J connectivity index is 1.44. The molecule has 5 atom stereocenters. The minimum atomic E-state index is 0.860. The molecule has 0 heterocycles. The maximum absolute atomic E-state index is 2.62. The summed E-state index contributed by atoms with van der Waals surface area (Å²) in [5, 5.41) is 0. The average Bonchev–Trinajstić information content (AvgIpc) is 2.61. The molecule has 2 fully saturated rings. The van der Waals surface area contributed by atoms with E-state index in [2.05, 4.69) is 32.0 Å². The molecular formula is C24H36. The molecule has 0 nitrogen and oxygen atoms in total. The smallest absolute Gasteiger partial charge is 0.0159 e. The van der Waals surface area contributed by atoms with Gasteiger partial charge in [-0.3, -0.25) is 0 Å². The van der Waals surface area contributed by atoms with Gasteiger partial charge in [-0.25, -0.2) is 0 Å². The van der Waals surface area contributed by atoms with Gasteiger partial charge < -0.3 is 0 Å². The molecule has 2 saturated carbocycles. The number of hydrogen-bond donors (Lipinski definition) is 0. The average molecular weight is 325 g/mol. The lowest BCUT2D eigenvalue weighted by Gasteiger charge is -2.41. The molecule has 1 aromatic carbocycles. The van der Waals surface area contributed by atoms with Gasteiger partial charge in [0.2, 0.25) is 0 Å². The molecule has 0 aliphatic heterocycles. The standard InChI is InChI=1S/C24H36/c1-3-4-18-6-8-22-16-24(12-10-20(22)14-18)23-11-9-19-13-17(2)5-7-21(19)15-23/h10,12,16-19,21,23H,3-9,11,13-15H2,1-2H3. The molecule has 0 bridgehead atoms. The number of aryl methyl sites for hydroxylation is 1. The van der Waals surface area contributed by atoms with Crippen LogP contribution < -0.4 is 0 Å². The lowest BCUT2D eigenvalue weighted by Crippen LogP contribution is -2.29. The maximum Gasteiger partial charge on any atom is -0.0159 e. The van der Waals surface area contributed by atoms with Crippen LogP contribution in [0.25, 0.3) is 0 Å². The van der Waals surface area contributed by atoms with Crippen LogP contribution >= 0.6 is 0 Å². The Labute approximate surface area is 149 Å². The zero-order valence-electron chi connectivity index (χ0n) is 15.9. The summed E-state index contributed by atoms with van der Waals surface area (Å²) in [7, 11) is 0. The summed E-state index contributed by atoms with van der Waals surface area (Å²) in [4.78, 5) is 0. The molecule has 24 heavy (non-hydrogen) atoms. The predicted molar refractivity (Wildman–Crippen MR) is 103 cm³/mol. The number of rotatable bonds is 3. The van der Waals surface area contributed by atoms with E-state index in [4.69, 9.17) is 0 Å². The molecule has 1 aromatic rings. The van der Waals surface area contributed by atoms with E-state index in [1.165, 1.54) is 70.6 Å². The van der Waals surface area contributed by atoms with Crippen LogP contribution in [0, 0.1) is 23.7 Å². The highest BCUT2D eigenvalue weighted by Gasteiger charge is 2.35. The highest BCUT2D eigenvalue weighted by atomic mass is 14.4. The van der Waals surface area contributed by atoms with Crippen molar-refractivity contribution in [1.29, 1.82) is 0 Å². The first kappa shape index (κ1) is 16.7. The number of fused-ring (bicyclic) bond motifs is 2. The molecule has 3 aliphatic carbocycles. The summed E-state index contributed by atoms with van der Waals surface area (Å²) < 4.78 is 0. The molecule has 3 aliphatic rings. The SMILES string of the molecule is CCCC1CCc2cc(C3CCC4CC(C)CCC4C3)ccc2C1. The van der Waals surface area contributed by atoms with Crippen LogP contribution in [-0.2, 0) is 12.8 Å². The van der Waals surface area contributed by atoms with E-state index in [-0.39, 0.29) is 0 Å². The minimum absolute atomic E-state index is 0.860. The Bertz CT molecular complexity index is 557. The molecule has 4 rings (SSSR count). The van der Waals surface area contributed by atoms with Crippen LogP contribution in [0.5, 0.6) is 0 Å². The van der Waals surface area contributed by atoms with Gasteiger partial charge in [-0.05, 0) is 97.6 Å². The van der Waals surface area contributed by atoms with Crippen LogP contribution in [0.4, 0.5) is 0 Å². The van der Waals surface area contributed by atoms with Crippen LogP contribution in [0.15, 0.2) is 18.2 Å². The van der Waals surface area contributed by atoms with Crippen LogP contribution in [0.3, 0.4) is 0 Å². The monoisotopic (exact) mass is 324 g/mol. The van der Waals surface area contributed by atoms with Crippen molar-refractivity contribution in [3.63, 3.8) is 0 Å². The fraction of sp³-hybridized carbons (Fsp3) is 0.750. The first-order valence-electron chi connectivity index (χ1n) is 10.8. The Morgan fingerprint density at radius 2 is 1.75 bits per heavy atom. The number of hydrogen-bond acceptors (Lipinski definition) is 0. The van der Waals surface area contributed by atoms with Gasteiger partial charge in [0.05, 0.1) is 0 Å². The first-order valence-corrected chi connectivity index (χ1v) is 10.8. The Kier molecular flexibility index (Phi) is 5.02. The van der Waals surface area contributed by atoms with Gasteiger partial charge >= 0.3 is 0 Å². The molecule has 132 valence electrons. The minimum Gasteiger partial charge on any atom is -0.0654 e. The van der Waals surface area contributed by atoms with Crippen molar-refractivity contribution >= 4 is 0 Å². The second-order valence-electron chi connectivity index (χ2n) is 9.37. The lowest BCUT2D eigenvalue weighted by atomic mass is 9.64. The zero-order chi connectivity index (χ0) is 16.5. The van der Waals surface area contributed by atoms with Crippen molar-refractivity contribution in [1.82, 2.24) is 0 Å². The second kappa shape index (κ2) is 7.22. The van der Waals surface area contributed by atoms with E-state index in [0.29, 0.717) is 0 Å². The normalized spacial score (nSPS) is 36.0. The third-order valence-corrected chi connectivity index (χ3v) is 7.60. The van der Waals surface area contributed by atoms with E-state index >= 15 is 0 Å². The highest BCUT2D eigenvalue weighted by Crippen LogP contribution is 2.47. The van der Waals surface area contributed by atoms with E-state index in [9.17, 15) is 0 Å². The molecule has 5 unspecified atom stereocenters. The fourth-order valence-electron chi connectivity index (χ4n) is 6.19. The molecule has 0 spiro atoms. The van der Waals surface area contributed by atoms with Crippen molar-refractivity contribution in [2.45, 2.75) is 90.4 Å². The van der Waals surface area contributed by atoms with Crippen molar-refractivity contribution in [2.75, 3.05) is 0 Å². The van der Waals surface area contributed by atoms with Gasteiger partial charge in [0.15, 0.2) is 0 Å². The van der Waals surface area contributed by atoms with E-state index < -0.39 is 0 Å². The summed E-state index contributed by atoms with van der Waals surface area (Å²) in [6, 6.07) is 7.62. The molecule has 0 saturated heterocycles.